The van der Waals surface area contributed by atoms with Crippen molar-refractivity contribution < 1.29 is 23.7 Å². The quantitative estimate of drug-likeness (QED) is 0.359. The summed E-state index contributed by atoms with van der Waals surface area (Å²) in [5.41, 5.74) is 0.668. The smallest absolute Gasteiger partial charge is 0.296 e. The SMILES string of the molecule is COc1ccc(Cc2nn3c(=O)/c(=C\c4cc(OC)c(OC)c(OC)c4)sc3nc2=O)cc1OC. The standard InChI is InChI=1S/C24H23N3O7S/c1-30-16-7-6-13(9-17(16)31-2)8-15-22(28)25-24-27(26-15)23(29)20(35-24)12-14-10-18(32-3)21(34-5)19(11-14)33-4/h6-7,9-12H,8H2,1-5H3/b20-12+. The molecule has 0 saturated carbocycles. The molecule has 0 amide bonds. The fraction of sp³-hybridized carbons (Fsp3) is 0.250. The van der Waals surface area contributed by atoms with Crippen molar-refractivity contribution in [1.82, 2.24) is 14.6 Å². The summed E-state index contributed by atoms with van der Waals surface area (Å²) in [7, 11) is 7.61. The molecule has 0 atom stereocenters. The van der Waals surface area contributed by atoms with Crippen molar-refractivity contribution in [1.29, 1.82) is 0 Å². The van der Waals surface area contributed by atoms with E-state index in [1.165, 1.54) is 28.4 Å². The average Bonchev–Trinajstić information content (AvgIpc) is 3.16. The van der Waals surface area contributed by atoms with Crippen LogP contribution in [0, 0.1) is 0 Å². The first-order valence-electron chi connectivity index (χ1n) is 10.4. The van der Waals surface area contributed by atoms with Crippen LogP contribution in [0.4, 0.5) is 0 Å². The lowest BCUT2D eigenvalue weighted by atomic mass is 10.1. The molecular weight excluding hydrogens is 474 g/mol. The molecule has 0 aliphatic carbocycles. The second kappa shape index (κ2) is 10.0. The van der Waals surface area contributed by atoms with E-state index in [1.54, 1.807) is 43.5 Å². The van der Waals surface area contributed by atoms with Crippen LogP contribution in [-0.2, 0) is 6.42 Å². The molecular formula is C24H23N3O7S. The lowest BCUT2D eigenvalue weighted by molar-refractivity contribution is 0.324. The first-order valence-corrected chi connectivity index (χ1v) is 11.2. The topological polar surface area (TPSA) is 110 Å². The van der Waals surface area contributed by atoms with E-state index in [1.807, 2.05) is 0 Å². The molecule has 0 radical (unpaired) electrons. The Morgan fingerprint density at radius 2 is 1.51 bits per heavy atom. The Balaban J connectivity index is 1.78. The van der Waals surface area contributed by atoms with Crippen LogP contribution in [0.1, 0.15) is 16.8 Å². The highest BCUT2D eigenvalue weighted by Gasteiger charge is 2.15. The summed E-state index contributed by atoms with van der Waals surface area (Å²) >= 11 is 1.07. The van der Waals surface area contributed by atoms with Crippen LogP contribution in [0.2, 0.25) is 0 Å². The van der Waals surface area contributed by atoms with Crippen molar-refractivity contribution in [2.45, 2.75) is 6.42 Å². The lowest BCUT2D eigenvalue weighted by Gasteiger charge is -2.12. The van der Waals surface area contributed by atoms with Crippen molar-refractivity contribution in [3.8, 4) is 28.7 Å². The molecule has 0 bridgehead atoms. The number of nitrogens with zero attached hydrogens (tertiary/aromatic N) is 3. The van der Waals surface area contributed by atoms with Crippen molar-refractivity contribution >= 4 is 22.4 Å². The molecule has 0 unspecified atom stereocenters. The number of rotatable bonds is 8. The summed E-state index contributed by atoms with van der Waals surface area (Å²) in [6, 6.07) is 8.74. The van der Waals surface area contributed by atoms with E-state index in [4.69, 9.17) is 23.7 Å². The predicted octanol–water partition coefficient (Wildman–Crippen LogP) is 1.69. The molecule has 0 fully saturated rings. The van der Waals surface area contributed by atoms with Gasteiger partial charge in [-0.3, -0.25) is 9.59 Å². The lowest BCUT2D eigenvalue weighted by Crippen LogP contribution is -2.28. The molecule has 2 aromatic carbocycles. The number of hydrogen-bond acceptors (Lipinski definition) is 10. The second-order valence-corrected chi connectivity index (χ2v) is 8.31. The average molecular weight is 498 g/mol. The molecule has 11 heteroatoms. The monoisotopic (exact) mass is 497 g/mol. The van der Waals surface area contributed by atoms with E-state index < -0.39 is 5.56 Å². The number of hydrogen-bond donors (Lipinski definition) is 0. The van der Waals surface area contributed by atoms with Gasteiger partial charge in [0.1, 0.15) is 5.69 Å². The van der Waals surface area contributed by atoms with Gasteiger partial charge < -0.3 is 23.7 Å². The molecule has 10 nitrogen and oxygen atoms in total. The van der Waals surface area contributed by atoms with Gasteiger partial charge in [0.05, 0.1) is 40.1 Å². The third-order valence-electron chi connectivity index (χ3n) is 5.25. The minimum absolute atomic E-state index is 0.143. The van der Waals surface area contributed by atoms with Gasteiger partial charge in [0.2, 0.25) is 10.7 Å². The van der Waals surface area contributed by atoms with Crippen LogP contribution in [-0.4, -0.2) is 50.1 Å². The summed E-state index contributed by atoms with van der Waals surface area (Å²) in [4.78, 5) is 30.0. The maximum Gasteiger partial charge on any atom is 0.296 e. The molecule has 2 heterocycles. The molecule has 2 aromatic heterocycles. The molecule has 35 heavy (non-hydrogen) atoms. The fourth-order valence-corrected chi connectivity index (χ4v) is 4.48. The van der Waals surface area contributed by atoms with Gasteiger partial charge in [0.15, 0.2) is 23.0 Å². The zero-order chi connectivity index (χ0) is 25.1. The summed E-state index contributed by atoms with van der Waals surface area (Å²) in [5, 5.41) is 4.30. The summed E-state index contributed by atoms with van der Waals surface area (Å²) in [6.07, 6.45) is 1.84. The van der Waals surface area contributed by atoms with Gasteiger partial charge in [-0.05, 0) is 41.5 Å². The molecule has 0 aliphatic rings. The van der Waals surface area contributed by atoms with Crippen LogP contribution in [0.3, 0.4) is 0 Å². The van der Waals surface area contributed by atoms with E-state index in [-0.39, 0.29) is 22.6 Å². The number of thiazole rings is 1. The molecule has 0 saturated heterocycles. The third kappa shape index (κ3) is 4.62. The van der Waals surface area contributed by atoms with Crippen LogP contribution >= 0.6 is 11.3 Å². The van der Waals surface area contributed by atoms with Gasteiger partial charge in [-0.25, -0.2) is 0 Å². The largest absolute Gasteiger partial charge is 0.493 e. The highest BCUT2D eigenvalue weighted by atomic mass is 32.1. The normalized spacial score (nSPS) is 11.5. The Hall–Kier alpha value is -4.12. The maximum absolute atomic E-state index is 13.1. The van der Waals surface area contributed by atoms with Crippen molar-refractivity contribution in [3.05, 3.63) is 72.4 Å². The molecule has 0 spiro atoms. The van der Waals surface area contributed by atoms with Gasteiger partial charge in [0, 0.05) is 6.42 Å². The Bertz CT molecular complexity index is 1540. The van der Waals surface area contributed by atoms with E-state index >= 15 is 0 Å². The Labute approximate surface area is 203 Å². The maximum atomic E-state index is 13.1. The third-order valence-corrected chi connectivity index (χ3v) is 6.21. The summed E-state index contributed by atoms with van der Waals surface area (Å²) < 4.78 is 28.2. The highest BCUT2D eigenvalue weighted by molar-refractivity contribution is 7.15. The molecule has 0 aliphatic heterocycles. The zero-order valence-corrected chi connectivity index (χ0v) is 20.6. The second-order valence-electron chi connectivity index (χ2n) is 7.30. The Kier molecular flexibility index (Phi) is 6.87. The number of aromatic nitrogens is 3. The molecule has 4 aromatic rings. The van der Waals surface area contributed by atoms with Crippen LogP contribution < -0.4 is 39.3 Å². The number of fused-ring (bicyclic) bond motifs is 1. The van der Waals surface area contributed by atoms with E-state index in [0.29, 0.717) is 38.8 Å². The zero-order valence-electron chi connectivity index (χ0n) is 19.8. The summed E-state index contributed by atoms with van der Waals surface area (Å²) in [6.45, 7) is 0. The van der Waals surface area contributed by atoms with Gasteiger partial charge in [-0.2, -0.15) is 14.6 Å². The fourth-order valence-electron chi connectivity index (χ4n) is 3.57. The first kappa shape index (κ1) is 24.0. The minimum atomic E-state index is -0.500. The Morgan fingerprint density at radius 1 is 0.857 bits per heavy atom. The molecule has 182 valence electrons. The van der Waals surface area contributed by atoms with Gasteiger partial charge in [0.25, 0.3) is 11.1 Å². The predicted molar refractivity (Wildman–Crippen MR) is 131 cm³/mol. The van der Waals surface area contributed by atoms with E-state index in [9.17, 15) is 9.59 Å². The number of benzene rings is 2. The van der Waals surface area contributed by atoms with Crippen molar-refractivity contribution in [3.63, 3.8) is 0 Å². The van der Waals surface area contributed by atoms with Crippen LogP contribution in [0.25, 0.3) is 11.0 Å². The minimum Gasteiger partial charge on any atom is -0.493 e. The highest BCUT2D eigenvalue weighted by Crippen LogP contribution is 2.38. The van der Waals surface area contributed by atoms with Crippen LogP contribution in [0.5, 0.6) is 28.7 Å². The van der Waals surface area contributed by atoms with E-state index in [0.717, 1.165) is 21.4 Å². The van der Waals surface area contributed by atoms with Crippen molar-refractivity contribution in [2.24, 2.45) is 0 Å². The van der Waals surface area contributed by atoms with Gasteiger partial charge in [-0.15, -0.1) is 0 Å². The van der Waals surface area contributed by atoms with Crippen LogP contribution in [0.15, 0.2) is 39.9 Å². The first-order chi connectivity index (χ1) is 16.9. The summed E-state index contributed by atoms with van der Waals surface area (Å²) in [5.74, 6) is 2.45. The molecule has 0 N–H and O–H groups in total. The number of methoxy groups -OCH3 is 5. The van der Waals surface area contributed by atoms with Gasteiger partial charge in [-0.1, -0.05) is 17.4 Å². The number of ether oxygens (including phenoxy) is 5. The Morgan fingerprint density at radius 3 is 2.11 bits per heavy atom. The molecule has 4 rings (SSSR count). The van der Waals surface area contributed by atoms with Crippen molar-refractivity contribution in [2.75, 3.05) is 35.5 Å². The van der Waals surface area contributed by atoms with Gasteiger partial charge >= 0.3 is 0 Å². The van der Waals surface area contributed by atoms with E-state index in [2.05, 4.69) is 10.1 Å².